The van der Waals surface area contributed by atoms with E-state index < -0.39 is 0 Å². The van der Waals surface area contributed by atoms with Gasteiger partial charge in [0.1, 0.15) is 0 Å². The number of piperidine rings is 1. The van der Waals surface area contributed by atoms with Gasteiger partial charge in [0.15, 0.2) is 0 Å². The third-order valence-corrected chi connectivity index (χ3v) is 3.34. The van der Waals surface area contributed by atoms with Crippen LogP contribution in [0.3, 0.4) is 0 Å². The zero-order chi connectivity index (χ0) is 11.4. The minimum atomic E-state index is 0. The molecule has 1 unspecified atom stereocenters. The van der Waals surface area contributed by atoms with Gasteiger partial charge < -0.3 is 15.7 Å². The van der Waals surface area contributed by atoms with E-state index >= 15 is 0 Å². The van der Waals surface area contributed by atoms with Crippen molar-refractivity contribution in [3.05, 3.63) is 29.8 Å². The molecule has 1 heterocycles. The Labute approximate surface area is 109 Å². The Bertz CT molecular complexity index is 329. The Morgan fingerprint density at radius 1 is 1.24 bits per heavy atom. The highest BCUT2D eigenvalue weighted by Crippen LogP contribution is 2.24. The van der Waals surface area contributed by atoms with Crippen LogP contribution in [0, 0.1) is 0 Å². The van der Waals surface area contributed by atoms with Crippen molar-refractivity contribution in [3.8, 4) is 0 Å². The van der Waals surface area contributed by atoms with Crippen LogP contribution in [0.15, 0.2) is 24.3 Å². The summed E-state index contributed by atoms with van der Waals surface area (Å²) in [5, 5.41) is 9.36. The second-order valence-corrected chi connectivity index (χ2v) is 4.40. The van der Waals surface area contributed by atoms with Crippen LogP contribution < -0.4 is 10.6 Å². The molecule has 0 saturated carbocycles. The number of hydrogen-bond acceptors (Lipinski definition) is 3. The molecule has 17 heavy (non-hydrogen) atoms. The van der Waals surface area contributed by atoms with E-state index in [2.05, 4.69) is 29.2 Å². The molecule has 1 atom stereocenters. The maximum Gasteiger partial charge on any atom is 0.0635 e. The molecule has 96 valence electrons. The van der Waals surface area contributed by atoms with Crippen molar-refractivity contribution in [1.29, 1.82) is 0 Å². The molecule has 3 nitrogen and oxygen atoms in total. The zero-order valence-electron chi connectivity index (χ0n) is 10.0. The first-order chi connectivity index (χ1) is 7.85. The number of aliphatic hydroxyl groups is 1. The van der Waals surface area contributed by atoms with Crippen LogP contribution in [0.25, 0.3) is 0 Å². The first kappa shape index (κ1) is 14.3. The van der Waals surface area contributed by atoms with Gasteiger partial charge in [-0.3, -0.25) is 0 Å². The van der Waals surface area contributed by atoms with Gasteiger partial charge in [0.25, 0.3) is 0 Å². The number of benzene rings is 1. The molecule has 0 radical (unpaired) electrons. The Morgan fingerprint density at radius 3 is 2.53 bits per heavy atom. The topological polar surface area (TPSA) is 49.5 Å². The highest BCUT2D eigenvalue weighted by Gasteiger charge is 2.21. The van der Waals surface area contributed by atoms with E-state index in [4.69, 9.17) is 5.73 Å². The van der Waals surface area contributed by atoms with E-state index in [9.17, 15) is 5.11 Å². The number of nitrogens with two attached hydrogens (primary N) is 1. The molecule has 0 spiro atoms. The molecular formula is C13H21ClN2O. The molecule has 0 amide bonds. The summed E-state index contributed by atoms with van der Waals surface area (Å²) in [6, 6.07) is 8.64. The van der Waals surface area contributed by atoms with Gasteiger partial charge in [-0.15, -0.1) is 12.4 Å². The number of rotatable bonds is 3. The highest BCUT2D eigenvalue weighted by molar-refractivity contribution is 5.85. The fourth-order valence-electron chi connectivity index (χ4n) is 2.35. The number of nitrogens with zero attached hydrogens (tertiary/aromatic N) is 1. The lowest BCUT2D eigenvalue weighted by Gasteiger charge is -2.36. The summed E-state index contributed by atoms with van der Waals surface area (Å²) in [7, 11) is 0. The smallest absolute Gasteiger partial charge is 0.0635 e. The molecule has 2 rings (SSSR count). The lowest BCUT2D eigenvalue weighted by atomic mass is 10.0. The SMILES string of the molecule is Cl.NCc1ccc(N2CCCCC2CO)cc1. The van der Waals surface area contributed by atoms with Gasteiger partial charge in [-0.05, 0) is 37.0 Å². The summed E-state index contributed by atoms with van der Waals surface area (Å²) in [6.45, 7) is 1.88. The second kappa shape index (κ2) is 6.84. The second-order valence-electron chi connectivity index (χ2n) is 4.40. The lowest BCUT2D eigenvalue weighted by molar-refractivity contribution is 0.240. The average Bonchev–Trinajstić information content (AvgIpc) is 2.39. The lowest BCUT2D eigenvalue weighted by Crippen LogP contribution is -2.41. The molecule has 1 aromatic rings. The largest absolute Gasteiger partial charge is 0.394 e. The molecule has 4 heteroatoms. The minimum Gasteiger partial charge on any atom is -0.394 e. The monoisotopic (exact) mass is 256 g/mol. The summed E-state index contributed by atoms with van der Waals surface area (Å²) in [5.74, 6) is 0. The molecule has 0 bridgehead atoms. The maximum absolute atomic E-state index is 9.36. The normalized spacial score (nSPS) is 19.9. The summed E-state index contributed by atoms with van der Waals surface area (Å²) in [5.41, 5.74) is 7.94. The van der Waals surface area contributed by atoms with Crippen molar-refractivity contribution in [2.45, 2.75) is 31.8 Å². The van der Waals surface area contributed by atoms with Crippen molar-refractivity contribution >= 4 is 18.1 Å². The fourth-order valence-corrected chi connectivity index (χ4v) is 2.35. The van der Waals surface area contributed by atoms with Crippen LogP contribution in [0.1, 0.15) is 24.8 Å². The van der Waals surface area contributed by atoms with Gasteiger partial charge in [-0.25, -0.2) is 0 Å². The van der Waals surface area contributed by atoms with Crippen LogP contribution in [-0.2, 0) is 6.54 Å². The van der Waals surface area contributed by atoms with Gasteiger partial charge >= 0.3 is 0 Å². The first-order valence-corrected chi connectivity index (χ1v) is 6.01. The molecule has 1 fully saturated rings. The molecule has 1 aromatic carbocycles. The van der Waals surface area contributed by atoms with Crippen LogP contribution in [0.5, 0.6) is 0 Å². The van der Waals surface area contributed by atoms with E-state index in [0.29, 0.717) is 6.54 Å². The predicted molar refractivity (Wildman–Crippen MR) is 73.7 cm³/mol. The van der Waals surface area contributed by atoms with Gasteiger partial charge in [0, 0.05) is 18.8 Å². The Kier molecular flexibility index (Phi) is 5.75. The number of aliphatic hydroxyl groups excluding tert-OH is 1. The van der Waals surface area contributed by atoms with E-state index in [1.165, 1.54) is 18.5 Å². The minimum absolute atomic E-state index is 0. The van der Waals surface area contributed by atoms with Gasteiger partial charge in [-0.1, -0.05) is 12.1 Å². The Morgan fingerprint density at radius 2 is 1.94 bits per heavy atom. The standard InChI is InChI=1S/C13H20N2O.ClH/c14-9-11-4-6-12(7-5-11)15-8-2-1-3-13(15)10-16;/h4-7,13,16H,1-3,8-10,14H2;1H. The molecular weight excluding hydrogens is 236 g/mol. The molecule has 0 aliphatic carbocycles. The van der Waals surface area contributed by atoms with Crippen LogP contribution in [0.2, 0.25) is 0 Å². The Hall–Kier alpha value is -0.770. The van der Waals surface area contributed by atoms with Crippen LogP contribution >= 0.6 is 12.4 Å². The zero-order valence-corrected chi connectivity index (χ0v) is 10.8. The van der Waals surface area contributed by atoms with Gasteiger partial charge in [-0.2, -0.15) is 0 Å². The molecule has 3 N–H and O–H groups in total. The summed E-state index contributed by atoms with van der Waals surface area (Å²) in [4.78, 5) is 2.31. The molecule has 1 aliphatic rings. The quantitative estimate of drug-likeness (QED) is 0.869. The van der Waals surface area contributed by atoms with Crippen molar-refractivity contribution in [2.75, 3.05) is 18.1 Å². The third-order valence-electron chi connectivity index (χ3n) is 3.34. The van der Waals surface area contributed by atoms with Gasteiger partial charge in [0.2, 0.25) is 0 Å². The van der Waals surface area contributed by atoms with Gasteiger partial charge in [0.05, 0.1) is 12.6 Å². The van der Waals surface area contributed by atoms with Crippen molar-refractivity contribution in [2.24, 2.45) is 5.73 Å². The molecule has 0 aromatic heterocycles. The molecule has 1 saturated heterocycles. The first-order valence-electron chi connectivity index (χ1n) is 6.01. The summed E-state index contributed by atoms with van der Waals surface area (Å²) >= 11 is 0. The van der Waals surface area contributed by atoms with Crippen molar-refractivity contribution < 1.29 is 5.11 Å². The predicted octanol–water partition coefficient (Wildman–Crippen LogP) is 1.92. The number of halogens is 1. The van der Waals surface area contributed by atoms with E-state index in [1.54, 1.807) is 0 Å². The fraction of sp³-hybridized carbons (Fsp3) is 0.538. The maximum atomic E-state index is 9.36. The average molecular weight is 257 g/mol. The number of anilines is 1. The summed E-state index contributed by atoms with van der Waals surface area (Å²) < 4.78 is 0. The van der Waals surface area contributed by atoms with E-state index in [0.717, 1.165) is 18.5 Å². The van der Waals surface area contributed by atoms with Crippen molar-refractivity contribution in [1.82, 2.24) is 0 Å². The van der Waals surface area contributed by atoms with E-state index in [-0.39, 0.29) is 25.1 Å². The van der Waals surface area contributed by atoms with E-state index in [1.807, 2.05) is 0 Å². The van der Waals surface area contributed by atoms with Crippen LogP contribution in [0.4, 0.5) is 5.69 Å². The highest BCUT2D eigenvalue weighted by atomic mass is 35.5. The number of hydrogen-bond donors (Lipinski definition) is 2. The van der Waals surface area contributed by atoms with Crippen LogP contribution in [-0.4, -0.2) is 24.3 Å². The third kappa shape index (κ3) is 3.35. The summed E-state index contributed by atoms with van der Waals surface area (Å²) in [6.07, 6.45) is 3.53. The Balaban J connectivity index is 0.00000144. The van der Waals surface area contributed by atoms with Crippen molar-refractivity contribution in [3.63, 3.8) is 0 Å². The molecule has 1 aliphatic heterocycles.